The van der Waals surface area contributed by atoms with Crippen LogP contribution in [0.4, 0.5) is 0 Å². The smallest absolute Gasteiger partial charge is 0.251 e. The minimum absolute atomic E-state index is 0.0294. The number of carbonyl (C=O) groups is 1. The molecule has 0 aliphatic heterocycles. The SMILES string of the molecule is COC[C@@H](C)NC(=O)c1ccc(I)cc1. The summed E-state index contributed by atoms with van der Waals surface area (Å²) >= 11 is 2.21. The third-order valence-electron chi connectivity index (χ3n) is 1.90. The van der Waals surface area contributed by atoms with E-state index in [-0.39, 0.29) is 11.9 Å². The topological polar surface area (TPSA) is 38.3 Å². The van der Waals surface area contributed by atoms with E-state index in [1.807, 2.05) is 31.2 Å². The first-order valence-electron chi connectivity index (χ1n) is 4.69. The van der Waals surface area contributed by atoms with Crippen molar-refractivity contribution >= 4 is 28.5 Å². The number of halogens is 1. The van der Waals surface area contributed by atoms with Gasteiger partial charge in [-0.1, -0.05) is 0 Å². The largest absolute Gasteiger partial charge is 0.383 e. The molecule has 0 aliphatic rings. The standard InChI is InChI=1S/C11H14INO2/c1-8(7-15-2)13-11(14)9-3-5-10(12)6-4-9/h3-6,8H,7H2,1-2H3,(H,13,14)/t8-/m1/s1. The van der Waals surface area contributed by atoms with E-state index >= 15 is 0 Å². The van der Waals surface area contributed by atoms with Gasteiger partial charge in [-0.3, -0.25) is 4.79 Å². The van der Waals surface area contributed by atoms with Crippen LogP contribution >= 0.6 is 22.6 Å². The molecule has 1 aromatic rings. The molecule has 0 radical (unpaired) electrons. The summed E-state index contributed by atoms with van der Waals surface area (Å²) < 4.78 is 6.06. The Morgan fingerprint density at radius 1 is 1.47 bits per heavy atom. The third kappa shape index (κ3) is 4.17. The molecule has 0 heterocycles. The molecule has 0 saturated carbocycles. The van der Waals surface area contributed by atoms with E-state index < -0.39 is 0 Å². The molecule has 0 aromatic heterocycles. The van der Waals surface area contributed by atoms with Crippen molar-refractivity contribution in [2.45, 2.75) is 13.0 Å². The predicted octanol–water partition coefficient (Wildman–Crippen LogP) is 2.06. The summed E-state index contributed by atoms with van der Waals surface area (Å²) in [5, 5.41) is 2.85. The fourth-order valence-electron chi connectivity index (χ4n) is 1.20. The number of methoxy groups -OCH3 is 1. The van der Waals surface area contributed by atoms with Crippen LogP contribution in [0.2, 0.25) is 0 Å². The van der Waals surface area contributed by atoms with Crippen LogP contribution in [0.3, 0.4) is 0 Å². The second kappa shape index (κ2) is 6.07. The van der Waals surface area contributed by atoms with E-state index in [1.165, 1.54) is 0 Å². The zero-order valence-corrected chi connectivity index (χ0v) is 10.9. The molecule has 4 heteroatoms. The van der Waals surface area contributed by atoms with E-state index in [4.69, 9.17) is 4.74 Å². The molecule has 1 atom stereocenters. The molecule has 82 valence electrons. The van der Waals surface area contributed by atoms with Gasteiger partial charge in [0.25, 0.3) is 5.91 Å². The number of hydrogen-bond acceptors (Lipinski definition) is 2. The van der Waals surface area contributed by atoms with Crippen molar-refractivity contribution in [3.63, 3.8) is 0 Å². The second-order valence-corrected chi connectivity index (χ2v) is 4.58. The van der Waals surface area contributed by atoms with Crippen LogP contribution in [0.5, 0.6) is 0 Å². The van der Waals surface area contributed by atoms with Gasteiger partial charge in [0.2, 0.25) is 0 Å². The second-order valence-electron chi connectivity index (χ2n) is 3.34. The lowest BCUT2D eigenvalue weighted by molar-refractivity contribution is 0.0905. The van der Waals surface area contributed by atoms with Gasteiger partial charge >= 0.3 is 0 Å². The number of ether oxygens (including phenoxy) is 1. The molecule has 15 heavy (non-hydrogen) atoms. The predicted molar refractivity (Wildman–Crippen MR) is 68.0 cm³/mol. The van der Waals surface area contributed by atoms with Crippen molar-refractivity contribution in [1.29, 1.82) is 0 Å². The van der Waals surface area contributed by atoms with Crippen LogP contribution in [0, 0.1) is 3.57 Å². The molecule has 0 saturated heterocycles. The average molecular weight is 319 g/mol. The fourth-order valence-corrected chi connectivity index (χ4v) is 1.56. The van der Waals surface area contributed by atoms with Crippen LogP contribution in [0.1, 0.15) is 17.3 Å². The molecule has 1 N–H and O–H groups in total. The lowest BCUT2D eigenvalue weighted by Crippen LogP contribution is -2.35. The first-order chi connectivity index (χ1) is 7.13. The first-order valence-corrected chi connectivity index (χ1v) is 5.76. The molecule has 0 unspecified atom stereocenters. The minimum Gasteiger partial charge on any atom is -0.383 e. The Kier molecular flexibility index (Phi) is 5.04. The molecule has 3 nitrogen and oxygen atoms in total. The van der Waals surface area contributed by atoms with Gasteiger partial charge < -0.3 is 10.1 Å². The molecule has 0 aliphatic carbocycles. The average Bonchev–Trinajstić information content (AvgIpc) is 2.18. The van der Waals surface area contributed by atoms with Crippen LogP contribution in [0.25, 0.3) is 0 Å². The zero-order valence-electron chi connectivity index (χ0n) is 8.79. The van der Waals surface area contributed by atoms with Crippen molar-refractivity contribution in [2.24, 2.45) is 0 Å². The van der Waals surface area contributed by atoms with Crippen LogP contribution < -0.4 is 5.32 Å². The van der Waals surface area contributed by atoms with Gasteiger partial charge in [-0.05, 0) is 53.8 Å². The van der Waals surface area contributed by atoms with E-state index in [9.17, 15) is 4.79 Å². The highest BCUT2D eigenvalue weighted by molar-refractivity contribution is 14.1. The summed E-state index contributed by atoms with van der Waals surface area (Å²) in [5.41, 5.74) is 0.679. The van der Waals surface area contributed by atoms with E-state index in [0.29, 0.717) is 12.2 Å². The maximum atomic E-state index is 11.7. The van der Waals surface area contributed by atoms with Gasteiger partial charge in [0, 0.05) is 22.3 Å². The summed E-state index contributed by atoms with van der Waals surface area (Å²) in [6.07, 6.45) is 0. The van der Waals surface area contributed by atoms with Gasteiger partial charge in [-0.25, -0.2) is 0 Å². The molecular formula is C11H14INO2. The fraction of sp³-hybridized carbons (Fsp3) is 0.364. The first kappa shape index (κ1) is 12.4. The van der Waals surface area contributed by atoms with E-state index in [2.05, 4.69) is 27.9 Å². The number of benzene rings is 1. The number of nitrogens with one attached hydrogen (secondary N) is 1. The maximum absolute atomic E-state index is 11.7. The lowest BCUT2D eigenvalue weighted by Gasteiger charge is -2.12. The normalized spacial score (nSPS) is 12.2. The highest BCUT2D eigenvalue weighted by Gasteiger charge is 2.08. The third-order valence-corrected chi connectivity index (χ3v) is 2.62. The summed E-state index contributed by atoms with van der Waals surface area (Å²) in [4.78, 5) is 11.7. The number of amides is 1. The molecule has 0 fully saturated rings. The quantitative estimate of drug-likeness (QED) is 0.863. The van der Waals surface area contributed by atoms with Gasteiger partial charge in [0.05, 0.1) is 6.61 Å². The highest BCUT2D eigenvalue weighted by atomic mass is 127. The Morgan fingerprint density at radius 2 is 2.07 bits per heavy atom. The maximum Gasteiger partial charge on any atom is 0.251 e. The monoisotopic (exact) mass is 319 g/mol. The Bertz CT molecular complexity index is 324. The minimum atomic E-state index is -0.0593. The Hall–Kier alpha value is -0.620. The Balaban J connectivity index is 2.57. The van der Waals surface area contributed by atoms with Gasteiger partial charge in [0.1, 0.15) is 0 Å². The zero-order chi connectivity index (χ0) is 11.3. The molecule has 0 spiro atoms. The molecule has 1 aromatic carbocycles. The summed E-state index contributed by atoms with van der Waals surface area (Å²) in [5.74, 6) is -0.0593. The van der Waals surface area contributed by atoms with E-state index in [0.717, 1.165) is 3.57 Å². The number of rotatable bonds is 4. The van der Waals surface area contributed by atoms with Crippen molar-refractivity contribution in [3.8, 4) is 0 Å². The molecule has 0 bridgehead atoms. The van der Waals surface area contributed by atoms with Crippen molar-refractivity contribution in [3.05, 3.63) is 33.4 Å². The molecular weight excluding hydrogens is 305 g/mol. The van der Waals surface area contributed by atoms with Gasteiger partial charge in [-0.15, -0.1) is 0 Å². The molecule has 1 rings (SSSR count). The summed E-state index contributed by atoms with van der Waals surface area (Å²) in [6.45, 7) is 2.43. The van der Waals surface area contributed by atoms with Crippen LogP contribution in [-0.4, -0.2) is 25.7 Å². The van der Waals surface area contributed by atoms with Crippen LogP contribution in [0.15, 0.2) is 24.3 Å². The van der Waals surface area contributed by atoms with Gasteiger partial charge in [0.15, 0.2) is 0 Å². The number of carbonyl (C=O) groups excluding carboxylic acids is 1. The van der Waals surface area contributed by atoms with Crippen molar-refractivity contribution < 1.29 is 9.53 Å². The van der Waals surface area contributed by atoms with Crippen LogP contribution in [-0.2, 0) is 4.74 Å². The van der Waals surface area contributed by atoms with E-state index in [1.54, 1.807) is 7.11 Å². The van der Waals surface area contributed by atoms with Crippen molar-refractivity contribution in [2.75, 3.05) is 13.7 Å². The van der Waals surface area contributed by atoms with Gasteiger partial charge in [-0.2, -0.15) is 0 Å². The Morgan fingerprint density at radius 3 is 2.60 bits per heavy atom. The summed E-state index contributed by atoms with van der Waals surface area (Å²) in [6, 6.07) is 7.49. The summed E-state index contributed by atoms with van der Waals surface area (Å²) in [7, 11) is 1.62. The Labute approximate surface area is 103 Å². The number of hydrogen-bond donors (Lipinski definition) is 1. The molecule has 1 amide bonds. The highest BCUT2D eigenvalue weighted by Crippen LogP contribution is 2.06. The lowest BCUT2D eigenvalue weighted by atomic mass is 10.2. The van der Waals surface area contributed by atoms with Crippen molar-refractivity contribution in [1.82, 2.24) is 5.32 Å².